The van der Waals surface area contributed by atoms with Crippen molar-refractivity contribution < 1.29 is 14.0 Å². The van der Waals surface area contributed by atoms with Gasteiger partial charge < -0.3 is 4.42 Å². The number of Topliss-reactive ketones (excluding diaryl/α,β-unsaturated/α-hetero) is 1. The highest BCUT2D eigenvalue weighted by Gasteiger charge is 2.45. The normalized spacial score (nSPS) is 15.5. The van der Waals surface area contributed by atoms with Gasteiger partial charge in [-0.1, -0.05) is 61.6 Å². The monoisotopic (exact) mass is 458 g/mol. The molecule has 0 N–H and O–H groups in total. The van der Waals surface area contributed by atoms with Crippen LogP contribution in [0.15, 0.2) is 57.7 Å². The number of fused-ring (bicyclic) bond motifs is 2. The number of amides is 1. The molecule has 2 aromatic heterocycles. The van der Waals surface area contributed by atoms with Crippen LogP contribution in [0.5, 0.6) is 0 Å². The Labute approximate surface area is 194 Å². The van der Waals surface area contributed by atoms with E-state index in [0.29, 0.717) is 38.2 Å². The lowest BCUT2D eigenvalue weighted by molar-refractivity contribution is 0.0969. The number of aromatic nitrogens is 1. The maximum atomic E-state index is 13.6. The SMILES string of the molecule is CC(=O)c1sc(N2C(=O)c3oc4ccccc4c(=O)c3[C@@H]2c2ccc(C(C)C)cc2)nc1C. The van der Waals surface area contributed by atoms with Crippen molar-refractivity contribution in [1.29, 1.82) is 0 Å². The van der Waals surface area contributed by atoms with Crippen LogP contribution in [0.2, 0.25) is 0 Å². The Bertz CT molecular complexity index is 1480. The fourth-order valence-corrected chi connectivity index (χ4v) is 5.30. The van der Waals surface area contributed by atoms with E-state index in [1.54, 1.807) is 31.2 Å². The first-order chi connectivity index (χ1) is 15.8. The summed E-state index contributed by atoms with van der Waals surface area (Å²) in [6, 6.07) is 14.1. The molecule has 0 fully saturated rings. The number of benzene rings is 2. The van der Waals surface area contributed by atoms with Gasteiger partial charge in [-0.15, -0.1) is 0 Å². The third-order valence-electron chi connectivity index (χ3n) is 6.01. The molecule has 166 valence electrons. The Morgan fingerprint density at radius 3 is 2.42 bits per heavy atom. The van der Waals surface area contributed by atoms with E-state index < -0.39 is 11.9 Å². The van der Waals surface area contributed by atoms with Crippen molar-refractivity contribution in [2.45, 2.75) is 39.7 Å². The zero-order valence-electron chi connectivity index (χ0n) is 18.7. The molecular weight excluding hydrogens is 436 g/mol. The number of ketones is 1. The number of hydrogen-bond donors (Lipinski definition) is 0. The van der Waals surface area contributed by atoms with Gasteiger partial charge in [-0.25, -0.2) is 4.98 Å². The van der Waals surface area contributed by atoms with Crippen molar-refractivity contribution in [3.63, 3.8) is 0 Å². The predicted molar refractivity (Wildman–Crippen MR) is 129 cm³/mol. The third kappa shape index (κ3) is 3.31. The second-order valence-electron chi connectivity index (χ2n) is 8.54. The number of para-hydroxylation sites is 1. The summed E-state index contributed by atoms with van der Waals surface area (Å²) in [6.07, 6.45) is 0. The van der Waals surface area contributed by atoms with Crippen LogP contribution in [0.25, 0.3) is 11.0 Å². The average Bonchev–Trinajstić information content (AvgIpc) is 3.32. The molecule has 0 spiro atoms. The average molecular weight is 459 g/mol. The molecule has 0 saturated heterocycles. The summed E-state index contributed by atoms with van der Waals surface area (Å²) in [5.41, 5.74) is 2.93. The molecule has 6 nitrogen and oxygen atoms in total. The van der Waals surface area contributed by atoms with E-state index in [0.717, 1.165) is 22.5 Å². The highest BCUT2D eigenvalue weighted by atomic mass is 32.1. The zero-order valence-corrected chi connectivity index (χ0v) is 19.5. The summed E-state index contributed by atoms with van der Waals surface area (Å²) in [5.74, 6) is -0.178. The molecule has 1 aliphatic rings. The van der Waals surface area contributed by atoms with Gasteiger partial charge in [-0.3, -0.25) is 19.3 Å². The number of carbonyl (C=O) groups is 2. The maximum absolute atomic E-state index is 13.6. The van der Waals surface area contributed by atoms with Crippen molar-refractivity contribution in [2.75, 3.05) is 4.90 Å². The Kier molecular flexibility index (Phi) is 5.01. The molecule has 0 unspecified atom stereocenters. The second-order valence-corrected chi connectivity index (χ2v) is 9.51. The predicted octanol–water partition coefficient (Wildman–Crippen LogP) is 5.63. The summed E-state index contributed by atoms with van der Waals surface area (Å²) in [5, 5.41) is 0.796. The molecule has 3 heterocycles. The minimum atomic E-state index is -0.695. The van der Waals surface area contributed by atoms with Crippen molar-refractivity contribution in [2.24, 2.45) is 0 Å². The highest BCUT2D eigenvalue weighted by molar-refractivity contribution is 7.17. The smallest absolute Gasteiger partial charge is 0.297 e. The third-order valence-corrected chi connectivity index (χ3v) is 7.27. The lowest BCUT2D eigenvalue weighted by atomic mass is 9.95. The van der Waals surface area contributed by atoms with Gasteiger partial charge in [0, 0.05) is 6.92 Å². The van der Waals surface area contributed by atoms with Crippen LogP contribution >= 0.6 is 11.3 Å². The quantitative estimate of drug-likeness (QED) is 0.370. The zero-order chi connectivity index (χ0) is 23.4. The molecule has 1 amide bonds. The summed E-state index contributed by atoms with van der Waals surface area (Å²) in [4.78, 5) is 45.8. The molecule has 4 aromatic rings. The topological polar surface area (TPSA) is 80.5 Å². The van der Waals surface area contributed by atoms with Crippen LogP contribution < -0.4 is 10.3 Å². The molecular formula is C26H22N2O4S. The molecule has 1 atom stereocenters. The summed E-state index contributed by atoms with van der Waals surface area (Å²) < 4.78 is 5.97. The second kappa shape index (κ2) is 7.78. The van der Waals surface area contributed by atoms with Gasteiger partial charge in [0.1, 0.15) is 5.58 Å². The summed E-state index contributed by atoms with van der Waals surface area (Å²) >= 11 is 1.16. The first-order valence-electron chi connectivity index (χ1n) is 10.8. The largest absolute Gasteiger partial charge is 0.450 e. The van der Waals surface area contributed by atoms with Crippen molar-refractivity contribution >= 4 is 39.1 Å². The number of thiazole rings is 1. The molecule has 1 aliphatic heterocycles. The number of hydrogen-bond acceptors (Lipinski definition) is 6. The molecule has 7 heteroatoms. The maximum Gasteiger partial charge on any atom is 0.297 e. The number of anilines is 1. The van der Waals surface area contributed by atoms with E-state index in [4.69, 9.17) is 4.42 Å². The molecule has 0 saturated carbocycles. The van der Waals surface area contributed by atoms with E-state index in [1.807, 2.05) is 24.3 Å². The fourth-order valence-electron chi connectivity index (χ4n) is 4.31. The van der Waals surface area contributed by atoms with Crippen molar-refractivity contribution in [3.8, 4) is 0 Å². The Morgan fingerprint density at radius 1 is 1.09 bits per heavy atom. The van der Waals surface area contributed by atoms with Gasteiger partial charge in [0.15, 0.2) is 16.3 Å². The van der Waals surface area contributed by atoms with E-state index in [-0.39, 0.29) is 17.0 Å². The summed E-state index contributed by atoms with van der Waals surface area (Å²) in [7, 11) is 0. The Morgan fingerprint density at radius 2 is 1.79 bits per heavy atom. The van der Waals surface area contributed by atoms with Gasteiger partial charge in [0.05, 0.1) is 27.6 Å². The molecule has 5 rings (SSSR count). The minimum absolute atomic E-state index is 0.0221. The standard InChI is InChI=1S/C26H22N2O4S/c1-13(2)16-9-11-17(12-10-16)21-20-22(30)18-7-5-6-8-19(18)32-23(20)25(31)28(21)26-27-14(3)24(33-26)15(4)29/h5-13,21H,1-4H3/t21-/m0/s1. The van der Waals surface area contributed by atoms with Crippen LogP contribution in [-0.4, -0.2) is 16.7 Å². The molecule has 0 radical (unpaired) electrons. The van der Waals surface area contributed by atoms with E-state index in [1.165, 1.54) is 11.8 Å². The van der Waals surface area contributed by atoms with Gasteiger partial charge in [0.25, 0.3) is 5.91 Å². The van der Waals surface area contributed by atoms with Crippen LogP contribution in [-0.2, 0) is 0 Å². The number of carbonyl (C=O) groups excluding carboxylic acids is 2. The van der Waals surface area contributed by atoms with Crippen molar-refractivity contribution in [3.05, 3.63) is 91.8 Å². The minimum Gasteiger partial charge on any atom is -0.450 e. The first kappa shape index (κ1) is 21.3. The molecule has 2 aromatic carbocycles. The van der Waals surface area contributed by atoms with Gasteiger partial charge in [0.2, 0.25) is 5.76 Å². The molecule has 33 heavy (non-hydrogen) atoms. The lowest BCUT2D eigenvalue weighted by Crippen LogP contribution is -2.29. The number of rotatable bonds is 4. The van der Waals surface area contributed by atoms with Crippen LogP contribution in [0, 0.1) is 6.92 Å². The van der Waals surface area contributed by atoms with Gasteiger partial charge >= 0.3 is 0 Å². The summed E-state index contributed by atoms with van der Waals surface area (Å²) in [6.45, 7) is 7.44. The van der Waals surface area contributed by atoms with Crippen molar-refractivity contribution in [1.82, 2.24) is 4.98 Å². The Balaban J connectivity index is 1.77. The Hall–Kier alpha value is -3.58. The van der Waals surface area contributed by atoms with Gasteiger partial charge in [-0.2, -0.15) is 0 Å². The van der Waals surface area contributed by atoms with E-state index >= 15 is 0 Å². The van der Waals surface area contributed by atoms with Gasteiger partial charge in [-0.05, 0) is 36.1 Å². The van der Waals surface area contributed by atoms with Crippen LogP contribution in [0.3, 0.4) is 0 Å². The number of aryl methyl sites for hydroxylation is 1. The molecule has 0 aliphatic carbocycles. The molecule has 0 bridgehead atoms. The number of nitrogens with zero attached hydrogens (tertiary/aromatic N) is 2. The lowest BCUT2D eigenvalue weighted by Gasteiger charge is -2.23. The van der Waals surface area contributed by atoms with Crippen LogP contribution in [0.4, 0.5) is 5.13 Å². The van der Waals surface area contributed by atoms with Crippen LogP contribution in [0.1, 0.15) is 75.3 Å². The fraction of sp³-hybridized carbons (Fsp3) is 0.231. The van der Waals surface area contributed by atoms with E-state index in [9.17, 15) is 14.4 Å². The first-order valence-corrected chi connectivity index (χ1v) is 11.6. The van der Waals surface area contributed by atoms with E-state index in [2.05, 4.69) is 18.8 Å². The highest BCUT2D eigenvalue weighted by Crippen LogP contribution is 2.43.